The maximum atomic E-state index is 11.2. The molecule has 2 aromatic rings. The smallest absolute Gasteiger partial charge is 0.232 e. The van der Waals surface area contributed by atoms with Crippen molar-refractivity contribution < 1.29 is 9.63 Å². The van der Waals surface area contributed by atoms with E-state index < -0.39 is 5.43 Å². The van der Waals surface area contributed by atoms with Gasteiger partial charge in [0, 0.05) is 0 Å². The van der Waals surface area contributed by atoms with Gasteiger partial charge in [0.2, 0.25) is 5.43 Å². The molecule has 0 spiro atoms. The molecule has 0 unspecified atom stereocenters. The number of hydrogen-bond acceptors (Lipinski definition) is 4. The van der Waals surface area contributed by atoms with Crippen molar-refractivity contribution in [2.24, 2.45) is 0 Å². The average Bonchev–Trinajstić information content (AvgIpc) is 2.46. The lowest BCUT2D eigenvalue weighted by Gasteiger charge is -1.77. The van der Waals surface area contributed by atoms with Crippen LogP contribution in [0.1, 0.15) is 0 Å². The first-order valence-electron chi connectivity index (χ1n) is 3.36. The molecule has 60 valence electrons. The van der Waals surface area contributed by atoms with E-state index in [4.69, 9.17) is 9.63 Å². The Morgan fingerprint density at radius 2 is 2.25 bits per heavy atom. The second-order valence-corrected chi connectivity index (χ2v) is 2.34. The molecule has 0 saturated heterocycles. The minimum atomic E-state index is -0.462. The molecule has 0 aliphatic rings. The van der Waals surface area contributed by atoms with Gasteiger partial charge in [-0.1, -0.05) is 11.2 Å². The fraction of sp³-hybridized carbons (Fsp3) is 0. The van der Waals surface area contributed by atoms with Crippen LogP contribution in [0.3, 0.4) is 0 Å². The summed E-state index contributed by atoms with van der Waals surface area (Å²) in [4.78, 5) is 11.2. The minimum Gasteiger partial charge on any atom is -0.504 e. The first-order chi connectivity index (χ1) is 5.79. The van der Waals surface area contributed by atoms with E-state index in [0.29, 0.717) is 5.58 Å². The van der Waals surface area contributed by atoms with Gasteiger partial charge in [0.1, 0.15) is 0 Å². The van der Waals surface area contributed by atoms with Crippen LogP contribution in [0.5, 0.6) is 5.75 Å². The molecule has 4 nitrogen and oxygen atoms in total. The standard InChI is InChI=1S/C8H5NO3/c10-6-2-1-3-7-5(8(6)11)4-9-12-7/h1-4H,(H,10,11). The fourth-order valence-corrected chi connectivity index (χ4v) is 0.980. The highest BCUT2D eigenvalue weighted by atomic mass is 16.5. The van der Waals surface area contributed by atoms with Gasteiger partial charge in [-0.15, -0.1) is 0 Å². The summed E-state index contributed by atoms with van der Waals surface area (Å²) in [5, 5.41) is 12.8. The van der Waals surface area contributed by atoms with Crippen molar-refractivity contribution >= 4 is 11.0 Å². The average molecular weight is 163 g/mol. The molecular weight excluding hydrogens is 158 g/mol. The second-order valence-electron chi connectivity index (χ2n) is 2.34. The zero-order valence-electron chi connectivity index (χ0n) is 6.02. The summed E-state index contributed by atoms with van der Waals surface area (Å²) in [5.74, 6) is -0.298. The Morgan fingerprint density at radius 1 is 1.42 bits per heavy atom. The molecule has 1 N–H and O–H groups in total. The van der Waals surface area contributed by atoms with Crippen LogP contribution in [0.25, 0.3) is 11.0 Å². The summed E-state index contributed by atoms with van der Waals surface area (Å²) in [6.45, 7) is 0. The molecule has 0 saturated carbocycles. The molecule has 0 bridgehead atoms. The van der Waals surface area contributed by atoms with Gasteiger partial charge in [-0.2, -0.15) is 0 Å². The third-order valence-corrected chi connectivity index (χ3v) is 1.58. The largest absolute Gasteiger partial charge is 0.504 e. The molecule has 0 atom stereocenters. The Balaban J connectivity index is 3.08. The molecular formula is C8H5NO3. The number of aromatic hydroxyl groups is 1. The zero-order valence-corrected chi connectivity index (χ0v) is 6.02. The lowest BCUT2D eigenvalue weighted by atomic mass is 10.3. The molecule has 2 rings (SSSR count). The van der Waals surface area contributed by atoms with E-state index >= 15 is 0 Å². The Kier molecular flexibility index (Phi) is 1.33. The molecule has 12 heavy (non-hydrogen) atoms. The molecule has 0 amide bonds. The van der Waals surface area contributed by atoms with Gasteiger partial charge in [0.15, 0.2) is 11.3 Å². The van der Waals surface area contributed by atoms with Crippen molar-refractivity contribution in [3.63, 3.8) is 0 Å². The van der Waals surface area contributed by atoms with Crippen molar-refractivity contribution in [3.8, 4) is 5.75 Å². The number of rotatable bonds is 0. The highest BCUT2D eigenvalue weighted by Crippen LogP contribution is 2.09. The molecule has 0 aliphatic heterocycles. The first-order valence-corrected chi connectivity index (χ1v) is 3.36. The van der Waals surface area contributed by atoms with Gasteiger partial charge in [-0.25, -0.2) is 0 Å². The van der Waals surface area contributed by atoms with Crippen molar-refractivity contribution in [1.82, 2.24) is 5.16 Å². The topological polar surface area (TPSA) is 63.3 Å². The molecule has 0 radical (unpaired) electrons. The van der Waals surface area contributed by atoms with Crippen molar-refractivity contribution in [3.05, 3.63) is 34.6 Å². The number of aromatic nitrogens is 1. The molecule has 1 aromatic heterocycles. The minimum absolute atomic E-state index is 0.289. The highest BCUT2D eigenvalue weighted by molar-refractivity contribution is 5.75. The molecule has 0 aliphatic carbocycles. The van der Waals surface area contributed by atoms with Gasteiger partial charge < -0.3 is 9.63 Å². The van der Waals surface area contributed by atoms with Crippen LogP contribution in [0.15, 0.2) is 33.7 Å². The van der Waals surface area contributed by atoms with E-state index in [0.717, 1.165) is 0 Å². The lowest BCUT2D eigenvalue weighted by molar-refractivity contribution is 0.456. The predicted octanol–water partition coefficient (Wildman–Crippen LogP) is 0.894. The third kappa shape index (κ3) is 0.852. The van der Waals surface area contributed by atoms with Crippen LogP contribution in [0.2, 0.25) is 0 Å². The van der Waals surface area contributed by atoms with Crippen molar-refractivity contribution in [2.45, 2.75) is 0 Å². The fourth-order valence-electron chi connectivity index (χ4n) is 0.980. The van der Waals surface area contributed by atoms with E-state index in [9.17, 15) is 4.79 Å². The maximum absolute atomic E-state index is 11.2. The summed E-state index contributed by atoms with van der Waals surface area (Å²) in [6, 6.07) is 4.42. The van der Waals surface area contributed by atoms with Crippen LogP contribution < -0.4 is 5.43 Å². The van der Waals surface area contributed by atoms with Gasteiger partial charge in [0.25, 0.3) is 0 Å². The maximum Gasteiger partial charge on any atom is 0.232 e. The third-order valence-electron chi connectivity index (χ3n) is 1.58. The zero-order chi connectivity index (χ0) is 8.55. The van der Waals surface area contributed by atoms with Gasteiger partial charge in [-0.3, -0.25) is 4.79 Å². The number of nitrogens with zero attached hydrogens (tertiary/aromatic N) is 1. The second kappa shape index (κ2) is 2.34. The van der Waals surface area contributed by atoms with Crippen molar-refractivity contribution in [1.29, 1.82) is 0 Å². The van der Waals surface area contributed by atoms with Gasteiger partial charge in [-0.05, 0) is 12.1 Å². The Labute approximate surface area is 67.0 Å². The molecule has 1 aromatic carbocycles. The predicted molar refractivity (Wildman–Crippen MR) is 41.9 cm³/mol. The lowest BCUT2D eigenvalue weighted by Crippen LogP contribution is -1.94. The summed E-state index contributed by atoms with van der Waals surface area (Å²) in [7, 11) is 0. The number of fused-ring (bicyclic) bond motifs is 1. The van der Waals surface area contributed by atoms with E-state index in [1.54, 1.807) is 6.07 Å². The normalized spacial score (nSPS) is 10.3. The van der Waals surface area contributed by atoms with Gasteiger partial charge in [0.05, 0.1) is 11.6 Å². The Bertz CT molecular complexity index is 475. The Hall–Kier alpha value is -1.84. The molecule has 0 fully saturated rings. The first kappa shape index (κ1) is 6.84. The van der Waals surface area contributed by atoms with Crippen LogP contribution in [-0.4, -0.2) is 10.3 Å². The van der Waals surface area contributed by atoms with Gasteiger partial charge >= 0.3 is 0 Å². The van der Waals surface area contributed by atoms with Crippen LogP contribution in [0.4, 0.5) is 0 Å². The number of hydrogen-bond donors (Lipinski definition) is 1. The summed E-state index contributed by atoms with van der Waals surface area (Å²) >= 11 is 0. The van der Waals surface area contributed by atoms with Crippen LogP contribution in [-0.2, 0) is 0 Å². The van der Waals surface area contributed by atoms with E-state index in [1.165, 1.54) is 18.3 Å². The quantitative estimate of drug-likeness (QED) is 0.626. The van der Waals surface area contributed by atoms with E-state index in [1.807, 2.05) is 0 Å². The van der Waals surface area contributed by atoms with Crippen LogP contribution >= 0.6 is 0 Å². The molecule has 4 heteroatoms. The highest BCUT2D eigenvalue weighted by Gasteiger charge is 2.03. The molecule has 1 heterocycles. The Morgan fingerprint density at radius 3 is 3.08 bits per heavy atom. The van der Waals surface area contributed by atoms with Crippen LogP contribution in [0, 0.1) is 0 Å². The van der Waals surface area contributed by atoms with E-state index in [2.05, 4.69) is 5.16 Å². The summed E-state index contributed by atoms with van der Waals surface area (Å²) in [5.41, 5.74) is -0.0865. The SMILES string of the molecule is O=c1c(O)cccc2oncc12. The monoisotopic (exact) mass is 163 g/mol. The summed E-state index contributed by atoms with van der Waals surface area (Å²) in [6.07, 6.45) is 1.29. The summed E-state index contributed by atoms with van der Waals surface area (Å²) < 4.78 is 4.75. The van der Waals surface area contributed by atoms with E-state index in [-0.39, 0.29) is 11.1 Å². The van der Waals surface area contributed by atoms with Crippen molar-refractivity contribution in [2.75, 3.05) is 0 Å².